The second-order valence-corrected chi connectivity index (χ2v) is 6.49. The van der Waals surface area contributed by atoms with Gasteiger partial charge in [0.05, 0.1) is 10.6 Å². The van der Waals surface area contributed by atoms with Crippen LogP contribution in [-0.4, -0.2) is 21.9 Å². The molecule has 0 aliphatic carbocycles. The third kappa shape index (κ3) is 4.37. The molecule has 0 aliphatic rings. The minimum Gasteiger partial charge on any atom is -0.477 e. The summed E-state index contributed by atoms with van der Waals surface area (Å²) in [7, 11) is 0. The van der Waals surface area contributed by atoms with Crippen molar-refractivity contribution in [2.24, 2.45) is 5.10 Å². The Hall–Kier alpha value is -2.25. The van der Waals surface area contributed by atoms with E-state index in [4.69, 9.17) is 17.3 Å². The van der Waals surface area contributed by atoms with Crippen molar-refractivity contribution in [3.63, 3.8) is 0 Å². The Morgan fingerprint density at radius 2 is 1.78 bits per heavy atom. The van der Waals surface area contributed by atoms with E-state index >= 15 is 0 Å². The molecule has 2 rings (SSSR count). The summed E-state index contributed by atoms with van der Waals surface area (Å²) >= 11 is 6.43. The number of carboxylic acids is 1. The smallest absolute Gasteiger partial charge is 0.345 e. The quantitative estimate of drug-likeness (QED) is 0.446. The molecule has 0 spiro atoms. The molecule has 1 heterocycles. The number of carboxylic acid groups (broad SMARTS) is 1. The van der Waals surface area contributed by atoms with Crippen LogP contribution in [0.5, 0.6) is 0 Å². The second-order valence-electron chi connectivity index (χ2n) is 5.00. The summed E-state index contributed by atoms with van der Waals surface area (Å²) in [5.41, 5.74) is 6.62. The van der Waals surface area contributed by atoms with E-state index in [9.17, 15) is 4.79 Å². The maximum absolute atomic E-state index is 10.9. The molecule has 0 saturated heterocycles. The number of thiophene rings is 1. The fraction of sp³-hybridized carbons (Fsp3) is 0.188. The molecule has 3 N–H and O–H groups in total. The highest BCUT2D eigenvalue weighted by Crippen LogP contribution is 2.19. The molecular weight excluding hydrogens is 330 g/mol. The number of nitrogens with one attached hydrogen (secondary N) is 2. The first-order valence-electron chi connectivity index (χ1n) is 6.89. The zero-order valence-electron chi connectivity index (χ0n) is 13.0. The second kappa shape index (κ2) is 7.34. The maximum atomic E-state index is 10.9. The first-order valence-corrected chi connectivity index (χ1v) is 8.12. The zero-order valence-corrected chi connectivity index (χ0v) is 14.6. The van der Waals surface area contributed by atoms with Gasteiger partial charge in [0.15, 0.2) is 5.11 Å². The van der Waals surface area contributed by atoms with Crippen molar-refractivity contribution in [1.82, 2.24) is 5.43 Å². The van der Waals surface area contributed by atoms with Gasteiger partial charge in [0.25, 0.3) is 0 Å². The minimum atomic E-state index is -0.936. The van der Waals surface area contributed by atoms with Gasteiger partial charge in [-0.3, -0.25) is 5.43 Å². The molecule has 1 aromatic heterocycles. The zero-order chi connectivity index (χ0) is 17.0. The van der Waals surface area contributed by atoms with Crippen LogP contribution in [0.25, 0.3) is 0 Å². The van der Waals surface area contributed by atoms with Gasteiger partial charge in [-0.1, -0.05) is 18.2 Å². The van der Waals surface area contributed by atoms with Crippen molar-refractivity contribution in [2.45, 2.75) is 20.8 Å². The van der Waals surface area contributed by atoms with Gasteiger partial charge in [-0.25, -0.2) is 4.79 Å². The molecule has 120 valence electrons. The van der Waals surface area contributed by atoms with E-state index < -0.39 is 5.97 Å². The van der Waals surface area contributed by atoms with Crippen LogP contribution < -0.4 is 10.7 Å². The van der Waals surface area contributed by atoms with E-state index in [1.54, 1.807) is 19.1 Å². The molecule has 0 unspecified atom stereocenters. The van der Waals surface area contributed by atoms with Crippen LogP contribution in [0.1, 0.15) is 32.6 Å². The van der Waals surface area contributed by atoms with Gasteiger partial charge in [-0.2, -0.15) is 5.10 Å². The molecule has 1 aromatic carbocycles. The summed E-state index contributed by atoms with van der Waals surface area (Å²) in [6.07, 6.45) is 0. The van der Waals surface area contributed by atoms with Gasteiger partial charge < -0.3 is 10.4 Å². The Bertz CT molecular complexity index is 761. The van der Waals surface area contributed by atoms with Crippen LogP contribution in [0.4, 0.5) is 5.69 Å². The number of thiocarbonyl (C=S) groups is 1. The average molecular weight is 347 g/mol. The number of rotatable bonds is 4. The summed E-state index contributed by atoms with van der Waals surface area (Å²) < 4.78 is 0. The predicted octanol–water partition coefficient (Wildman–Crippen LogP) is 3.77. The number of aryl methyl sites for hydroxylation is 2. The molecule has 0 saturated carbocycles. The number of carbonyl (C=O) groups is 1. The van der Waals surface area contributed by atoms with Crippen molar-refractivity contribution in [2.75, 3.05) is 5.32 Å². The van der Waals surface area contributed by atoms with Crippen LogP contribution in [0.15, 0.2) is 35.4 Å². The maximum Gasteiger partial charge on any atom is 0.345 e. The number of hydrogen-bond donors (Lipinski definition) is 3. The lowest BCUT2D eigenvalue weighted by Crippen LogP contribution is -2.25. The molecule has 0 radical (unpaired) electrons. The van der Waals surface area contributed by atoms with Crippen molar-refractivity contribution < 1.29 is 9.90 Å². The summed E-state index contributed by atoms with van der Waals surface area (Å²) in [5.74, 6) is -0.936. The lowest BCUT2D eigenvalue weighted by Gasteiger charge is -2.12. The Kier molecular flexibility index (Phi) is 5.46. The average Bonchev–Trinajstić information content (AvgIpc) is 2.99. The third-order valence-electron chi connectivity index (χ3n) is 3.22. The van der Waals surface area contributed by atoms with E-state index in [1.807, 2.05) is 32.0 Å². The Morgan fingerprint density at radius 3 is 2.35 bits per heavy atom. The van der Waals surface area contributed by atoms with E-state index in [1.165, 1.54) is 11.3 Å². The summed E-state index contributed by atoms with van der Waals surface area (Å²) in [4.78, 5) is 12.0. The van der Waals surface area contributed by atoms with Crippen LogP contribution in [0, 0.1) is 13.8 Å². The van der Waals surface area contributed by atoms with E-state index in [-0.39, 0.29) is 4.88 Å². The Balaban J connectivity index is 2.03. The molecule has 0 atom stereocenters. The molecule has 7 heteroatoms. The highest BCUT2D eigenvalue weighted by Gasteiger charge is 2.09. The third-order valence-corrected chi connectivity index (χ3v) is 4.59. The number of nitrogens with zero attached hydrogens (tertiary/aromatic N) is 1. The summed E-state index contributed by atoms with van der Waals surface area (Å²) in [6.45, 7) is 5.81. The number of aromatic carboxylic acids is 1. The monoisotopic (exact) mass is 347 g/mol. The van der Waals surface area contributed by atoms with Gasteiger partial charge in [-0.05, 0) is 56.2 Å². The molecule has 0 bridgehead atoms. The molecule has 0 amide bonds. The van der Waals surface area contributed by atoms with Crippen molar-refractivity contribution in [3.8, 4) is 0 Å². The van der Waals surface area contributed by atoms with Crippen molar-refractivity contribution in [3.05, 3.63) is 51.2 Å². The van der Waals surface area contributed by atoms with Crippen molar-refractivity contribution >= 4 is 46.0 Å². The van der Waals surface area contributed by atoms with Crippen LogP contribution >= 0.6 is 23.6 Å². The van der Waals surface area contributed by atoms with Crippen molar-refractivity contribution in [1.29, 1.82) is 0 Å². The lowest BCUT2D eigenvalue weighted by atomic mass is 10.1. The lowest BCUT2D eigenvalue weighted by molar-refractivity contribution is 0.0702. The summed E-state index contributed by atoms with van der Waals surface area (Å²) in [6, 6.07) is 9.30. The van der Waals surface area contributed by atoms with E-state index in [0.29, 0.717) is 10.8 Å². The molecule has 23 heavy (non-hydrogen) atoms. The van der Waals surface area contributed by atoms with E-state index in [0.717, 1.165) is 21.7 Å². The fourth-order valence-electron chi connectivity index (χ4n) is 1.99. The van der Waals surface area contributed by atoms with Gasteiger partial charge >= 0.3 is 5.97 Å². The SMILES string of the molecule is C/C(=N/NC(=S)Nc1c(C)cccc1C)c1ccc(C(=O)O)s1. The predicted molar refractivity (Wildman–Crippen MR) is 98.8 cm³/mol. The van der Waals surface area contributed by atoms with Gasteiger partial charge in [0, 0.05) is 5.69 Å². The normalized spacial score (nSPS) is 11.2. The van der Waals surface area contributed by atoms with Crippen LogP contribution in [-0.2, 0) is 0 Å². The van der Waals surface area contributed by atoms with Gasteiger partial charge in [0.1, 0.15) is 4.88 Å². The van der Waals surface area contributed by atoms with Gasteiger partial charge in [0.2, 0.25) is 0 Å². The molecule has 0 aliphatic heterocycles. The minimum absolute atomic E-state index is 0.283. The first-order chi connectivity index (χ1) is 10.9. The molecule has 0 fully saturated rings. The van der Waals surface area contributed by atoms with Crippen LogP contribution in [0.2, 0.25) is 0 Å². The number of para-hydroxylation sites is 1. The standard InChI is InChI=1S/C16H17N3O2S2/c1-9-5-4-6-10(2)14(9)17-16(22)19-18-11(3)12-7-8-13(23-12)15(20)21/h4-8H,1-3H3,(H,20,21)(H2,17,19,22)/b18-11-. The number of hydrogen-bond acceptors (Lipinski definition) is 4. The fourth-order valence-corrected chi connectivity index (χ4v) is 2.93. The molecule has 2 aromatic rings. The van der Waals surface area contributed by atoms with E-state index in [2.05, 4.69) is 15.8 Å². The number of anilines is 1. The largest absolute Gasteiger partial charge is 0.477 e. The first kappa shape index (κ1) is 17.1. The number of hydrazone groups is 1. The molecule has 5 nitrogen and oxygen atoms in total. The summed E-state index contributed by atoms with van der Waals surface area (Å²) in [5, 5.41) is 16.7. The van der Waals surface area contributed by atoms with Crippen LogP contribution in [0.3, 0.4) is 0 Å². The topological polar surface area (TPSA) is 73.7 Å². The highest BCUT2D eigenvalue weighted by molar-refractivity contribution is 7.80. The van der Waals surface area contributed by atoms with Gasteiger partial charge in [-0.15, -0.1) is 11.3 Å². The Morgan fingerprint density at radius 1 is 1.17 bits per heavy atom. The highest BCUT2D eigenvalue weighted by atomic mass is 32.1. The number of benzene rings is 1. The molecular formula is C16H17N3O2S2. The Labute approximate surface area is 144 Å².